The minimum absolute atomic E-state index is 0.118. The van der Waals surface area contributed by atoms with Crippen LogP contribution in [0.15, 0.2) is 0 Å². The predicted octanol–water partition coefficient (Wildman–Crippen LogP) is 0.993. The van der Waals surface area contributed by atoms with Crippen LogP contribution in [0.4, 0.5) is 0 Å². The van der Waals surface area contributed by atoms with Gasteiger partial charge in [0.25, 0.3) is 0 Å². The van der Waals surface area contributed by atoms with Gasteiger partial charge in [0, 0.05) is 17.0 Å². The number of rotatable bonds is 7. The molecule has 0 spiro atoms. The highest BCUT2D eigenvalue weighted by Gasteiger charge is 2.27. The Balaban J connectivity index is 2.20. The molecular weight excluding hydrogens is 210 g/mol. The summed E-state index contributed by atoms with van der Waals surface area (Å²) in [5.41, 5.74) is 0. The van der Waals surface area contributed by atoms with Gasteiger partial charge in [-0.2, -0.15) is 11.8 Å². The minimum atomic E-state index is -0.553. The summed E-state index contributed by atoms with van der Waals surface area (Å²) in [5.74, 6) is 0.658. The molecule has 0 radical (unpaired) electrons. The average Bonchev–Trinajstić information content (AvgIpc) is 2.70. The number of hydrogen-bond donors (Lipinski definition) is 3. The third-order valence-electron chi connectivity index (χ3n) is 2.82. The van der Waals surface area contributed by atoms with Crippen LogP contribution >= 0.6 is 11.8 Å². The molecule has 3 atom stereocenters. The van der Waals surface area contributed by atoms with Crippen LogP contribution in [0.25, 0.3) is 0 Å². The van der Waals surface area contributed by atoms with Crippen molar-refractivity contribution < 1.29 is 10.2 Å². The van der Waals surface area contributed by atoms with Crippen molar-refractivity contribution in [3.8, 4) is 0 Å². The molecule has 0 aromatic rings. The third kappa shape index (κ3) is 4.72. The quantitative estimate of drug-likeness (QED) is 0.614. The Morgan fingerprint density at radius 1 is 1.47 bits per heavy atom. The zero-order valence-electron chi connectivity index (χ0n) is 9.48. The van der Waals surface area contributed by atoms with Crippen molar-refractivity contribution in [1.29, 1.82) is 0 Å². The summed E-state index contributed by atoms with van der Waals surface area (Å²) in [4.78, 5) is 0. The molecule has 3 N–H and O–H groups in total. The maximum Gasteiger partial charge on any atom is 0.0861 e. The SMILES string of the molecule is CCCNC1CCCC1SCC(O)CO. The van der Waals surface area contributed by atoms with Crippen molar-refractivity contribution in [2.45, 2.75) is 50.0 Å². The van der Waals surface area contributed by atoms with Crippen molar-refractivity contribution in [1.82, 2.24) is 5.32 Å². The van der Waals surface area contributed by atoms with Gasteiger partial charge in [-0.05, 0) is 25.8 Å². The minimum Gasteiger partial charge on any atom is -0.394 e. The standard InChI is InChI=1S/C11H23NO2S/c1-2-6-12-10-4-3-5-11(10)15-8-9(14)7-13/h9-14H,2-8H2,1H3. The van der Waals surface area contributed by atoms with Gasteiger partial charge in [-0.25, -0.2) is 0 Å². The Bertz CT molecular complexity index is 169. The van der Waals surface area contributed by atoms with Crippen LogP contribution in [-0.4, -0.2) is 46.5 Å². The molecule has 1 aliphatic rings. The van der Waals surface area contributed by atoms with Crippen LogP contribution in [0.2, 0.25) is 0 Å². The largest absolute Gasteiger partial charge is 0.394 e. The summed E-state index contributed by atoms with van der Waals surface area (Å²) in [7, 11) is 0. The molecule has 0 saturated heterocycles. The lowest BCUT2D eigenvalue weighted by atomic mass is 10.2. The zero-order valence-corrected chi connectivity index (χ0v) is 10.3. The van der Waals surface area contributed by atoms with E-state index >= 15 is 0 Å². The Labute approximate surface area is 96.6 Å². The lowest BCUT2D eigenvalue weighted by Crippen LogP contribution is -2.35. The summed E-state index contributed by atoms with van der Waals surface area (Å²) < 4.78 is 0. The second-order valence-corrected chi connectivity index (χ2v) is 5.47. The van der Waals surface area contributed by atoms with Crippen LogP contribution in [0.5, 0.6) is 0 Å². The molecule has 0 amide bonds. The molecule has 0 heterocycles. The Morgan fingerprint density at radius 2 is 2.27 bits per heavy atom. The first-order valence-corrected chi connectivity index (χ1v) is 6.96. The molecule has 0 aromatic heterocycles. The molecule has 0 aromatic carbocycles. The molecule has 1 saturated carbocycles. The molecule has 0 bridgehead atoms. The molecule has 15 heavy (non-hydrogen) atoms. The molecule has 1 fully saturated rings. The first-order valence-electron chi connectivity index (χ1n) is 5.91. The van der Waals surface area contributed by atoms with Gasteiger partial charge in [-0.3, -0.25) is 0 Å². The van der Waals surface area contributed by atoms with E-state index in [0.29, 0.717) is 17.0 Å². The maximum absolute atomic E-state index is 9.29. The van der Waals surface area contributed by atoms with Gasteiger partial charge in [0.15, 0.2) is 0 Å². The van der Waals surface area contributed by atoms with Crippen molar-refractivity contribution in [3.05, 3.63) is 0 Å². The first-order chi connectivity index (χ1) is 7.27. The van der Waals surface area contributed by atoms with Gasteiger partial charge in [0.2, 0.25) is 0 Å². The molecule has 0 aliphatic heterocycles. The fraction of sp³-hybridized carbons (Fsp3) is 1.00. The van der Waals surface area contributed by atoms with Crippen LogP contribution in [0, 0.1) is 0 Å². The van der Waals surface area contributed by atoms with Crippen molar-refractivity contribution in [2.24, 2.45) is 0 Å². The van der Waals surface area contributed by atoms with Gasteiger partial charge < -0.3 is 15.5 Å². The highest BCUT2D eigenvalue weighted by molar-refractivity contribution is 8.00. The van der Waals surface area contributed by atoms with Crippen molar-refractivity contribution in [3.63, 3.8) is 0 Å². The molecule has 90 valence electrons. The van der Waals surface area contributed by atoms with E-state index in [1.807, 2.05) is 0 Å². The van der Waals surface area contributed by atoms with Crippen molar-refractivity contribution in [2.75, 3.05) is 18.9 Å². The van der Waals surface area contributed by atoms with Crippen LogP contribution in [0.3, 0.4) is 0 Å². The average molecular weight is 233 g/mol. The van der Waals surface area contributed by atoms with Gasteiger partial charge in [-0.15, -0.1) is 0 Å². The number of nitrogens with one attached hydrogen (secondary N) is 1. The second kappa shape index (κ2) is 7.49. The number of thioether (sulfide) groups is 1. The molecular formula is C11H23NO2S. The molecule has 1 aliphatic carbocycles. The van der Waals surface area contributed by atoms with E-state index in [2.05, 4.69) is 12.2 Å². The highest BCUT2D eigenvalue weighted by atomic mass is 32.2. The Hall–Kier alpha value is 0.230. The topological polar surface area (TPSA) is 52.5 Å². The second-order valence-electron chi connectivity index (χ2n) is 4.20. The number of aliphatic hydroxyl groups is 2. The molecule has 4 heteroatoms. The van der Waals surface area contributed by atoms with E-state index < -0.39 is 6.10 Å². The lowest BCUT2D eigenvalue weighted by Gasteiger charge is -2.21. The van der Waals surface area contributed by atoms with E-state index in [1.54, 1.807) is 11.8 Å². The smallest absolute Gasteiger partial charge is 0.0861 e. The predicted molar refractivity (Wildman–Crippen MR) is 65.3 cm³/mol. The van der Waals surface area contributed by atoms with Crippen LogP contribution in [-0.2, 0) is 0 Å². The Morgan fingerprint density at radius 3 is 2.93 bits per heavy atom. The van der Waals surface area contributed by atoms with Gasteiger partial charge >= 0.3 is 0 Å². The summed E-state index contributed by atoms with van der Waals surface area (Å²) in [6, 6.07) is 0.612. The summed E-state index contributed by atoms with van der Waals surface area (Å²) in [6.45, 7) is 3.15. The molecule has 3 unspecified atom stereocenters. The summed E-state index contributed by atoms with van der Waals surface area (Å²) >= 11 is 1.80. The van der Waals surface area contributed by atoms with E-state index in [-0.39, 0.29) is 6.61 Å². The monoisotopic (exact) mass is 233 g/mol. The Kier molecular flexibility index (Phi) is 6.64. The maximum atomic E-state index is 9.29. The first kappa shape index (κ1) is 13.3. The molecule has 3 nitrogen and oxygen atoms in total. The van der Waals surface area contributed by atoms with E-state index in [0.717, 1.165) is 6.54 Å². The highest BCUT2D eigenvalue weighted by Crippen LogP contribution is 2.30. The van der Waals surface area contributed by atoms with Crippen LogP contribution in [0.1, 0.15) is 32.6 Å². The van der Waals surface area contributed by atoms with E-state index in [9.17, 15) is 5.11 Å². The third-order valence-corrected chi connectivity index (χ3v) is 4.39. The van der Waals surface area contributed by atoms with E-state index in [1.165, 1.54) is 25.7 Å². The van der Waals surface area contributed by atoms with E-state index in [4.69, 9.17) is 5.11 Å². The normalized spacial score (nSPS) is 28.2. The molecule has 1 rings (SSSR count). The fourth-order valence-corrected chi connectivity index (χ4v) is 3.35. The summed E-state index contributed by atoms with van der Waals surface area (Å²) in [6.07, 6.45) is 4.40. The van der Waals surface area contributed by atoms with Crippen LogP contribution < -0.4 is 5.32 Å². The van der Waals surface area contributed by atoms with Gasteiger partial charge in [-0.1, -0.05) is 13.3 Å². The van der Waals surface area contributed by atoms with Gasteiger partial charge in [0.1, 0.15) is 0 Å². The number of hydrogen-bond acceptors (Lipinski definition) is 4. The summed E-state index contributed by atoms with van der Waals surface area (Å²) in [5, 5.41) is 22.2. The number of aliphatic hydroxyl groups excluding tert-OH is 2. The lowest BCUT2D eigenvalue weighted by molar-refractivity contribution is 0.113. The van der Waals surface area contributed by atoms with Crippen molar-refractivity contribution >= 4 is 11.8 Å². The zero-order chi connectivity index (χ0) is 11.1. The fourth-order valence-electron chi connectivity index (χ4n) is 1.98. The van der Waals surface area contributed by atoms with Gasteiger partial charge in [0.05, 0.1) is 12.7 Å².